The summed E-state index contributed by atoms with van der Waals surface area (Å²) in [5, 5.41) is 2.08. The monoisotopic (exact) mass is 474 g/mol. The first-order valence-electron chi connectivity index (χ1n) is 9.86. The van der Waals surface area contributed by atoms with Gasteiger partial charge < -0.3 is 5.73 Å². The molecule has 0 spiro atoms. The molecule has 32 heavy (non-hydrogen) atoms. The molecular formula is C26H16Cl2N2OS. The second-order valence-electron chi connectivity index (χ2n) is 7.29. The van der Waals surface area contributed by atoms with E-state index in [4.69, 9.17) is 33.9 Å². The molecule has 0 amide bonds. The standard InChI is InChI=1S/C26H16Cl2N2OS/c27-18-10-6-15(7-11-18)20-14-21(16-8-12-19(28)13-9-16)30-26-22(20)23(29)25(32-26)24(31)17-4-2-1-3-5-17/h1-14H,29H2. The molecule has 5 rings (SSSR count). The molecule has 0 aliphatic rings. The number of hydrogen-bond acceptors (Lipinski definition) is 4. The van der Waals surface area contributed by atoms with Gasteiger partial charge in [-0.2, -0.15) is 0 Å². The number of rotatable bonds is 4. The van der Waals surface area contributed by atoms with E-state index in [0.717, 1.165) is 27.8 Å². The van der Waals surface area contributed by atoms with E-state index >= 15 is 0 Å². The first kappa shape index (κ1) is 20.7. The lowest BCUT2D eigenvalue weighted by atomic mass is 9.99. The fraction of sp³-hybridized carbons (Fsp3) is 0. The zero-order valence-electron chi connectivity index (χ0n) is 16.7. The van der Waals surface area contributed by atoms with E-state index in [-0.39, 0.29) is 5.78 Å². The Hall–Kier alpha value is -3.18. The Bertz CT molecular complexity index is 1440. The molecule has 0 saturated carbocycles. The molecule has 6 heteroatoms. The van der Waals surface area contributed by atoms with E-state index in [1.807, 2.05) is 72.8 Å². The summed E-state index contributed by atoms with van der Waals surface area (Å²) in [6, 6.07) is 26.2. The number of thiophene rings is 1. The van der Waals surface area contributed by atoms with E-state index in [0.29, 0.717) is 31.0 Å². The van der Waals surface area contributed by atoms with E-state index in [2.05, 4.69) is 0 Å². The number of pyridine rings is 1. The zero-order chi connectivity index (χ0) is 22.2. The highest BCUT2D eigenvalue weighted by molar-refractivity contribution is 7.21. The van der Waals surface area contributed by atoms with Gasteiger partial charge in [-0.1, -0.05) is 77.8 Å². The Morgan fingerprint density at radius 3 is 2.03 bits per heavy atom. The van der Waals surface area contributed by atoms with Crippen LogP contribution in [0.1, 0.15) is 15.2 Å². The fourth-order valence-corrected chi connectivity index (χ4v) is 4.97. The van der Waals surface area contributed by atoms with Gasteiger partial charge in [-0.25, -0.2) is 4.98 Å². The van der Waals surface area contributed by atoms with Crippen LogP contribution >= 0.6 is 34.5 Å². The summed E-state index contributed by atoms with van der Waals surface area (Å²) in [7, 11) is 0. The third kappa shape index (κ3) is 3.78. The maximum Gasteiger partial charge on any atom is 0.205 e. The molecule has 156 valence electrons. The number of halogens is 2. The second-order valence-corrected chi connectivity index (χ2v) is 9.16. The maximum absolute atomic E-state index is 13.2. The van der Waals surface area contributed by atoms with Crippen molar-refractivity contribution in [1.82, 2.24) is 4.98 Å². The predicted octanol–water partition coefficient (Wildman–Crippen LogP) is 7.75. The number of hydrogen-bond donors (Lipinski definition) is 1. The van der Waals surface area contributed by atoms with Gasteiger partial charge in [-0.3, -0.25) is 4.79 Å². The molecule has 0 aliphatic heterocycles. The number of benzene rings is 3. The molecule has 2 N–H and O–H groups in total. The van der Waals surface area contributed by atoms with Gasteiger partial charge in [-0.15, -0.1) is 11.3 Å². The predicted molar refractivity (Wildman–Crippen MR) is 135 cm³/mol. The Kier molecular flexibility index (Phi) is 5.43. The Morgan fingerprint density at radius 1 is 0.812 bits per heavy atom. The molecular weight excluding hydrogens is 459 g/mol. The van der Waals surface area contributed by atoms with E-state index in [1.165, 1.54) is 11.3 Å². The number of nitrogen functional groups attached to an aromatic ring is 1. The van der Waals surface area contributed by atoms with Gasteiger partial charge in [0.1, 0.15) is 9.71 Å². The quantitative estimate of drug-likeness (QED) is 0.270. The Morgan fingerprint density at radius 2 is 1.41 bits per heavy atom. The van der Waals surface area contributed by atoms with Crippen LogP contribution in [-0.2, 0) is 0 Å². The molecule has 2 heterocycles. The zero-order valence-corrected chi connectivity index (χ0v) is 19.0. The van der Waals surface area contributed by atoms with Crippen molar-refractivity contribution in [3.8, 4) is 22.4 Å². The van der Waals surface area contributed by atoms with Crippen LogP contribution in [0.2, 0.25) is 10.0 Å². The summed E-state index contributed by atoms with van der Waals surface area (Å²) in [5.74, 6) is -0.110. The SMILES string of the molecule is Nc1c(C(=O)c2ccccc2)sc2nc(-c3ccc(Cl)cc3)cc(-c3ccc(Cl)cc3)c12. The highest BCUT2D eigenvalue weighted by Crippen LogP contribution is 2.42. The van der Waals surface area contributed by atoms with E-state index in [9.17, 15) is 4.79 Å². The second kappa shape index (κ2) is 8.40. The van der Waals surface area contributed by atoms with Crippen molar-refractivity contribution in [1.29, 1.82) is 0 Å². The number of nitrogens with two attached hydrogens (primary N) is 1. The number of nitrogens with zero attached hydrogens (tertiary/aromatic N) is 1. The molecule has 0 fully saturated rings. The molecule has 0 saturated heterocycles. The van der Waals surface area contributed by atoms with Crippen LogP contribution in [0.3, 0.4) is 0 Å². The van der Waals surface area contributed by atoms with E-state index in [1.54, 1.807) is 12.1 Å². The van der Waals surface area contributed by atoms with Crippen molar-refractivity contribution in [2.24, 2.45) is 0 Å². The van der Waals surface area contributed by atoms with Crippen LogP contribution in [0.25, 0.3) is 32.6 Å². The number of fused-ring (bicyclic) bond motifs is 1. The number of anilines is 1. The highest BCUT2D eigenvalue weighted by atomic mass is 35.5. The van der Waals surface area contributed by atoms with Crippen LogP contribution in [0.15, 0.2) is 84.9 Å². The lowest BCUT2D eigenvalue weighted by Gasteiger charge is -2.09. The van der Waals surface area contributed by atoms with Crippen molar-refractivity contribution in [3.63, 3.8) is 0 Å². The Labute approximate surface area is 199 Å². The van der Waals surface area contributed by atoms with Crippen molar-refractivity contribution in [2.45, 2.75) is 0 Å². The molecule has 0 aliphatic carbocycles. The first-order chi connectivity index (χ1) is 15.5. The van der Waals surface area contributed by atoms with Crippen molar-refractivity contribution < 1.29 is 4.79 Å². The first-order valence-corrected chi connectivity index (χ1v) is 11.4. The topological polar surface area (TPSA) is 56.0 Å². The third-order valence-corrected chi connectivity index (χ3v) is 6.84. The third-order valence-electron chi connectivity index (χ3n) is 5.24. The summed E-state index contributed by atoms with van der Waals surface area (Å²) in [5.41, 5.74) is 11.1. The highest BCUT2D eigenvalue weighted by Gasteiger charge is 2.22. The fourth-order valence-electron chi connectivity index (χ4n) is 3.64. The molecule has 5 aromatic rings. The molecule has 3 nitrogen and oxygen atoms in total. The van der Waals surface area contributed by atoms with Crippen LogP contribution in [0.5, 0.6) is 0 Å². The van der Waals surface area contributed by atoms with Gasteiger partial charge in [0.2, 0.25) is 5.78 Å². The van der Waals surface area contributed by atoms with Crippen LogP contribution in [0, 0.1) is 0 Å². The lowest BCUT2D eigenvalue weighted by Crippen LogP contribution is -2.01. The van der Waals surface area contributed by atoms with Gasteiger partial charge in [0.05, 0.1) is 11.4 Å². The summed E-state index contributed by atoms with van der Waals surface area (Å²) in [6.45, 7) is 0. The molecule has 0 radical (unpaired) electrons. The number of carbonyl (C=O) groups is 1. The lowest BCUT2D eigenvalue weighted by molar-refractivity contribution is 0.104. The van der Waals surface area contributed by atoms with Gasteiger partial charge >= 0.3 is 0 Å². The van der Waals surface area contributed by atoms with Crippen LogP contribution in [-0.4, -0.2) is 10.8 Å². The van der Waals surface area contributed by atoms with Gasteiger partial charge in [0, 0.05) is 26.6 Å². The Balaban J connectivity index is 1.76. The number of carbonyl (C=O) groups excluding carboxylic acids is 1. The molecule has 3 aromatic carbocycles. The van der Waals surface area contributed by atoms with Gasteiger partial charge in [0.15, 0.2) is 0 Å². The maximum atomic E-state index is 13.2. The minimum atomic E-state index is -0.110. The summed E-state index contributed by atoms with van der Waals surface area (Å²) < 4.78 is 0. The number of ketones is 1. The average Bonchev–Trinajstić information content (AvgIpc) is 3.16. The molecule has 0 atom stereocenters. The smallest absolute Gasteiger partial charge is 0.205 e. The van der Waals surface area contributed by atoms with Crippen LogP contribution < -0.4 is 5.73 Å². The van der Waals surface area contributed by atoms with Gasteiger partial charge in [-0.05, 0) is 41.5 Å². The molecule has 0 bridgehead atoms. The summed E-state index contributed by atoms with van der Waals surface area (Å²) >= 11 is 13.5. The summed E-state index contributed by atoms with van der Waals surface area (Å²) in [6.07, 6.45) is 0. The normalized spacial score (nSPS) is 11.1. The van der Waals surface area contributed by atoms with Crippen LogP contribution in [0.4, 0.5) is 5.69 Å². The minimum Gasteiger partial charge on any atom is -0.397 e. The van der Waals surface area contributed by atoms with Crippen molar-refractivity contribution >= 4 is 56.2 Å². The number of aromatic nitrogens is 1. The van der Waals surface area contributed by atoms with Gasteiger partial charge in [0.25, 0.3) is 0 Å². The minimum absolute atomic E-state index is 0.110. The largest absolute Gasteiger partial charge is 0.397 e. The summed E-state index contributed by atoms with van der Waals surface area (Å²) in [4.78, 5) is 19.2. The molecule has 2 aromatic heterocycles. The van der Waals surface area contributed by atoms with E-state index < -0.39 is 0 Å². The van der Waals surface area contributed by atoms with Crippen molar-refractivity contribution in [2.75, 3.05) is 5.73 Å². The average molecular weight is 475 g/mol. The van der Waals surface area contributed by atoms with Crippen molar-refractivity contribution in [3.05, 3.63) is 105 Å². The molecule has 0 unspecified atom stereocenters.